The number of carbonyl (C=O) groups is 1. The summed E-state index contributed by atoms with van der Waals surface area (Å²) in [5.74, 6) is -0.0546. The van der Waals surface area contributed by atoms with Gasteiger partial charge >= 0.3 is 0 Å². The first-order valence-electron chi connectivity index (χ1n) is 4.82. The fraction of sp³-hybridized carbons (Fsp3) is 0.364. The highest BCUT2D eigenvalue weighted by Crippen LogP contribution is 2.16. The molecule has 3 nitrogen and oxygen atoms in total. The van der Waals surface area contributed by atoms with Crippen LogP contribution in [0.25, 0.3) is 0 Å². The zero-order chi connectivity index (χ0) is 11.4. The Kier molecular flexibility index (Phi) is 6.94. The van der Waals surface area contributed by atoms with Crippen LogP contribution >= 0.6 is 35.0 Å². The van der Waals surface area contributed by atoms with Gasteiger partial charge in [0, 0.05) is 16.2 Å². The van der Waals surface area contributed by atoms with Gasteiger partial charge in [-0.2, -0.15) is 0 Å². The van der Waals surface area contributed by atoms with E-state index >= 15 is 0 Å². The number of rotatable bonds is 3. The average molecular weight is 355 g/mol. The van der Waals surface area contributed by atoms with Gasteiger partial charge in [-0.15, -0.1) is 12.4 Å². The summed E-state index contributed by atoms with van der Waals surface area (Å²) in [4.78, 5) is 11.8. The van der Waals surface area contributed by atoms with Gasteiger partial charge in [0.1, 0.15) is 0 Å². The Hall–Kier alpha value is -0.330. The summed E-state index contributed by atoms with van der Waals surface area (Å²) in [6, 6.07) is 5.71. The average Bonchev–Trinajstić information content (AvgIpc) is 2.21. The summed E-state index contributed by atoms with van der Waals surface area (Å²) in [5.41, 5.74) is 7.28. The molecule has 1 amide bonds. The van der Waals surface area contributed by atoms with Crippen LogP contribution in [0.4, 0.5) is 0 Å². The molecule has 1 atom stereocenters. The summed E-state index contributed by atoms with van der Waals surface area (Å²) >= 11 is 2.19. The Balaban J connectivity index is 0.00000225. The lowest BCUT2D eigenvalue weighted by Gasteiger charge is -2.12. The molecule has 0 unspecified atom stereocenters. The molecule has 0 saturated carbocycles. The molecule has 0 bridgehead atoms. The molecular weight excluding hydrogens is 338 g/mol. The maximum absolute atomic E-state index is 11.8. The first-order valence-corrected chi connectivity index (χ1v) is 5.90. The number of halogens is 2. The van der Waals surface area contributed by atoms with Crippen LogP contribution in [0.1, 0.15) is 22.8 Å². The van der Waals surface area contributed by atoms with Gasteiger partial charge in [0.25, 0.3) is 5.91 Å². The summed E-state index contributed by atoms with van der Waals surface area (Å²) in [5, 5.41) is 2.85. The quantitative estimate of drug-likeness (QED) is 0.817. The number of carbonyl (C=O) groups excluding carboxylic acids is 1. The van der Waals surface area contributed by atoms with E-state index in [4.69, 9.17) is 5.73 Å². The number of hydrogen-bond acceptors (Lipinski definition) is 2. The number of aryl methyl sites for hydroxylation is 1. The van der Waals surface area contributed by atoms with Crippen molar-refractivity contribution in [3.63, 3.8) is 0 Å². The third kappa shape index (κ3) is 3.92. The lowest BCUT2D eigenvalue weighted by atomic mass is 10.1. The van der Waals surface area contributed by atoms with Gasteiger partial charge in [-0.3, -0.25) is 4.79 Å². The minimum absolute atomic E-state index is 0. The maximum atomic E-state index is 11.8. The molecule has 90 valence electrons. The molecule has 0 radical (unpaired) electrons. The van der Waals surface area contributed by atoms with Crippen molar-refractivity contribution in [1.82, 2.24) is 5.32 Å². The standard InChI is InChI=1S/C11H15IN2O.ClH/c1-7-4-3-5-9(10(7)12)11(15)14-8(2)6-13;/h3-5,8H,6,13H2,1-2H3,(H,14,15);1H/t8-;/m0./s1. The van der Waals surface area contributed by atoms with E-state index in [1.807, 2.05) is 32.0 Å². The predicted octanol–water partition coefficient (Wildman–Crippen LogP) is 2.10. The predicted molar refractivity (Wildman–Crippen MR) is 77.1 cm³/mol. The van der Waals surface area contributed by atoms with Crippen molar-refractivity contribution < 1.29 is 4.79 Å². The molecule has 0 aromatic heterocycles. The van der Waals surface area contributed by atoms with E-state index in [1.165, 1.54) is 0 Å². The molecule has 0 fully saturated rings. The summed E-state index contributed by atoms with van der Waals surface area (Å²) in [7, 11) is 0. The molecule has 1 aromatic carbocycles. The molecule has 1 rings (SSSR count). The number of nitrogens with one attached hydrogen (secondary N) is 1. The Morgan fingerprint density at radius 3 is 2.75 bits per heavy atom. The minimum atomic E-state index is -0.0546. The van der Waals surface area contributed by atoms with Crippen LogP contribution in [0, 0.1) is 10.5 Å². The Labute approximate surface area is 116 Å². The van der Waals surface area contributed by atoms with E-state index in [1.54, 1.807) is 0 Å². The van der Waals surface area contributed by atoms with Crippen molar-refractivity contribution in [1.29, 1.82) is 0 Å². The van der Waals surface area contributed by atoms with E-state index in [-0.39, 0.29) is 24.4 Å². The monoisotopic (exact) mass is 354 g/mol. The number of benzene rings is 1. The summed E-state index contributed by atoms with van der Waals surface area (Å²) < 4.78 is 0.997. The molecular formula is C11H16ClIN2O. The normalized spacial score (nSPS) is 11.5. The van der Waals surface area contributed by atoms with Gasteiger partial charge in [0.2, 0.25) is 0 Å². The Bertz CT molecular complexity index is 371. The molecule has 0 aliphatic rings. The fourth-order valence-electron chi connectivity index (χ4n) is 1.18. The number of amides is 1. The van der Waals surface area contributed by atoms with Crippen molar-refractivity contribution in [2.45, 2.75) is 19.9 Å². The zero-order valence-corrected chi connectivity index (χ0v) is 12.3. The van der Waals surface area contributed by atoms with Crippen molar-refractivity contribution in [3.8, 4) is 0 Å². The van der Waals surface area contributed by atoms with Crippen LogP contribution in [-0.2, 0) is 0 Å². The maximum Gasteiger partial charge on any atom is 0.252 e. The molecule has 0 aliphatic heterocycles. The van der Waals surface area contributed by atoms with E-state index in [2.05, 4.69) is 27.9 Å². The van der Waals surface area contributed by atoms with Crippen molar-refractivity contribution in [2.75, 3.05) is 6.54 Å². The topological polar surface area (TPSA) is 55.1 Å². The van der Waals surface area contributed by atoms with E-state index in [9.17, 15) is 4.79 Å². The van der Waals surface area contributed by atoms with Crippen molar-refractivity contribution >= 4 is 40.9 Å². The molecule has 0 heterocycles. The lowest BCUT2D eigenvalue weighted by Crippen LogP contribution is -2.38. The van der Waals surface area contributed by atoms with Gasteiger partial charge in [-0.05, 0) is 48.1 Å². The third-order valence-corrected chi connectivity index (χ3v) is 3.60. The molecule has 0 saturated heterocycles. The van der Waals surface area contributed by atoms with Gasteiger partial charge in [-0.25, -0.2) is 0 Å². The molecule has 0 spiro atoms. The van der Waals surface area contributed by atoms with Gasteiger partial charge in [0.05, 0.1) is 5.56 Å². The smallest absolute Gasteiger partial charge is 0.252 e. The zero-order valence-electron chi connectivity index (χ0n) is 9.29. The molecule has 0 aliphatic carbocycles. The Morgan fingerprint density at radius 1 is 1.56 bits per heavy atom. The first-order chi connectivity index (χ1) is 7.06. The minimum Gasteiger partial charge on any atom is -0.348 e. The molecule has 3 N–H and O–H groups in total. The number of nitrogens with two attached hydrogens (primary N) is 1. The fourth-order valence-corrected chi connectivity index (χ4v) is 1.79. The first kappa shape index (κ1) is 15.7. The van der Waals surface area contributed by atoms with Crippen LogP contribution in [0.5, 0.6) is 0 Å². The second-order valence-electron chi connectivity index (χ2n) is 3.55. The van der Waals surface area contributed by atoms with E-state index < -0.39 is 0 Å². The molecule has 5 heteroatoms. The lowest BCUT2D eigenvalue weighted by molar-refractivity contribution is 0.0940. The van der Waals surface area contributed by atoms with Gasteiger partial charge in [-0.1, -0.05) is 12.1 Å². The highest BCUT2D eigenvalue weighted by Gasteiger charge is 2.12. The Morgan fingerprint density at radius 2 is 2.19 bits per heavy atom. The largest absolute Gasteiger partial charge is 0.348 e. The summed E-state index contributed by atoms with van der Waals surface area (Å²) in [6.45, 7) is 4.33. The highest BCUT2D eigenvalue weighted by molar-refractivity contribution is 14.1. The van der Waals surface area contributed by atoms with Gasteiger partial charge < -0.3 is 11.1 Å². The summed E-state index contributed by atoms with van der Waals surface area (Å²) in [6.07, 6.45) is 0. The van der Waals surface area contributed by atoms with Gasteiger partial charge in [0.15, 0.2) is 0 Å². The van der Waals surface area contributed by atoms with Crippen molar-refractivity contribution in [3.05, 3.63) is 32.9 Å². The van der Waals surface area contributed by atoms with Crippen molar-refractivity contribution in [2.24, 2.45) is 5.73 Å². The van der Waals surface area contributed by atoms with E-state index in [0.717, 1.165) is 14.7 Å². The second kappa shape index (κ2) is 7.09. The third-order valence-electron chi connectivity index (χ3n) is 2.17. The van der Waals surface area contributed by atoms with E-state index in [0.29, 0.717) is 6.54 Å². The number of hydrogen-bond donors (Lipinski definition) is 2. The molecule has 16 heavy (non-hydrogen) atoms. The SMILES string of the molecule is Cc1cccc(C(=O)N[C@@H](C)CN)c1I.Cl. The van der Waals surface area contributed by atoms with Crippen LogP contribution in [0.3, 0.4) is 0 Å². The molecule has 1 aromatic rings. The highest BCUT2D eigenvalue weighted by atomic mass is 127. The second-order valence-corrected chi connectivity index (χ2v) is 4.63. The van der Waals surface area contributed by atoms with Crippen LogP contribution in [0.15, 0.2) is 18.2 Å². The van der Waals surface area contributed by atoms with Crippen LogP contribution in [-0.4, -0.2) is 18.5 Å². The van der Waals surface area contributed by atoms with Crippen LogP contribution in [0.2, 0.25) is 0 Å². The van der Waals surface area contributed by atoms with Crippen LogP contribution < -0.4 is 11.1 Å².